The molecule has 0 spiro atoms. The van der Waals surface area contributed by atoms with Crippen LogP contribution in [0.3, 0.4) is 0 Å². The van der Waals surface area contributed by atoms with E-state index in [0.717, 1.165) is 51.4 Å². The molecule has 4 aliphatic rings. The van der Waals surface area contributed by atoms with E-state index in [1.54, 1.807) is 0 Å². The average Bonchev–Trinajstić information content (AvgIpc) is 3.61. The lowest BCUT2D eigenvalue weighted by Crippen LogP contribution is -2.28. The Bertz CT molecular complexity index is 590. The van der Waals surface area contributed by atoms with Crippen molar-refractivity contribution in [3.8, 4) is 0 Å². The third-order valence-corrected chi connectivity index (χ3v) is 7.35. The molecule has 0 aromatic carbocycles. The largest absolute Gasteiger partial charge is 0.365 e. The van der Waals surface area contributed by atoms with Gasteiger partial charge in [-0.15, -0.1) is 0 Å². The summed E-state index contributed by atoms with van der Waals surface area (Å²) in [7, 11) is 0. The zero-order valence-electron chi connectivity index (χ0n) is 17.1. The summed E-state index contributed by atoms with van der Waals surface area (Å²) in [5.74, 6) is 1.54. The minimum atomic E-state index is -0.308. The van der Waals surface area contributed by atoms with E-state index in [1.807, 2.05) is 0 Å². The van der Waals surface area contributed by atoms with Crippen LogP contribution < -0.4 is 0 Å². The molecule has 6 nitrogen and oxygen atoms in total. The average molecular weight is 405 g/mol. The van der Waals surface area contributed by atoms with Gasteiger partial charge in [-0.25, -0.2) is 0 Å². The molecule has 4 fully saturated rings. The van der Waals surface area contributed by atoms with Crippen molar-refractivity contribution in [3.05, 3.63) is 0 Å². The van der Waals surface area contributed by atoms with Gasteiger partial charge in [-0.2, -0.15) is 0 Å². The number of rotatable bonds is 10. The van der Waals surface area contributed by atoms with Gasteiger partial charge in [0.25, 0.3) is 0 Å². The van der Waals surface area contributed by atoms with Gasteiger partial charge >= 0.3 is 0 Å². The standard InChI is InChI=1S/C23H32O6/c24-18(10-20(26)22-12-28-22)16-5-1-14(2-6-16)9-15-3-7-17(8-4-15)19(25)11-21(27)23-13-29-23/h14-17,22-23H,1-13H2. The molecule has 2 aliphatic heterocycles. The second-order valence-corrected chi connectivity index (χ2v) is 9.53. The molecule has 2 heterocycles. The number of epoxide rings is 2. The first-order valence-corrected chi connectivity index (χ1v) is 11.3. The van der Waals surface area contributed by atoms with Gasteiger partial charge in [-0.05, 0) is 69.6 Å². The van der Waals surface area contributed by atoms with E-state index < -0.39 is 0 Å². The summed E-state index contributed by atoms with van der Waals surface area (Å²) in [6.45, 7) is 0.968. The highest BCUT2D eigenvalue weighted by atomic mass is 16.6. The summed E-state index contributed by atoms with van der Waals surface area (Å²) in [5, 5.41) is 0. The number of ether oxygens (including phenoxy) is 2. The molecule has 0 aromatic rings. The topological polar surface area (TPSA) is 93.3 Å². The number of carbonyl (C=O) groups is 4. The smallest absolute Gasteiger partial charge is 0.171 e. The highest BCUT2D eigenvalue weighted by Gasteiger charge is 2.37. The fourth-order valence-corrected chi connectivity index (χ4v) is 5.24. The van der Waals surface area contributed by atoms with Crippen molar-refractivity contribution in [3.63, 3.8) is 0 Å². The highest BCUT2D eigenvalue weighted by molar-refractivity contribution is 6.03. The number of hydrogen-bond donors (Lipinski definition) is 0. The Hall–Kier alpha value is -1.40. The van der Waals surface area contributed by atoms with Gasteiger partial charge in [-0.1, -0.05) is 0 Å². The number of carbonyl (C=O) groups excluding carboxylic acids is 4. The third-order valence-electron chi connectivity index (χ3n) is 7.35. The summed E-state index contributed by atoms with van der Waals surface area (Å²) in [6.07, 6.45) is 8.56. The van der Waals surface area contributed by atoms with Crippen LogP contribution in [-0.4, -0.2) is 48.6 Å². The molecule has 0 radical (unpaired) electrons. The fourth-order valence-electron chi connectivity index (χ4n) is 5.24. The Morgan fingerprint density at radius 3 is 1.21 bits per heavy atom. The highest BCUT2D eigenvalue weighted by Crippen LogP contribution is 2.39. The van der Waals surface area contributed by atoms with Crippen LogP contribution >= 0.6 is 0 Å². The lowest BCUT2D eigenvalue weighted by atomic mass is 9.71. The molecule has 2 atom stereocenters. The monoisotopic (exact) mass is 404 g/mol. The summed E-state index contributed by atoms with van der Waals surface area (Å²) >= 11 is 0. The maximum absolute atomic E-state index is 12.3. The molecule has 2 unspecified atom stereocenters. The summed E-state index contributed by atoms with van der Waals surface area (Å²) in [6, 6.07) is 0. The van der Waals surface area contributed by atoms with Crippen LogP contribution in [0.25, 0.3) is 0 Å². The Morgan fingerprint density at radius 1 is 0.552 bits per heavy atom. The predicted molar refractivity (Wildman–Crippen MR) is 104 cm³/mol. The van der Waals surface area contributed by atoms with Crippen molar-refractivity contribution in [2.24, 2.45) is 23.7 Å². The normalized spacial score (nSPS) is 36.3. The first-order valence-electron chi connectivity index (χ1n) is 11.3. The minimum Gasteiger partial charge on any atom is -0.365 e. The number of ketones is 4. The van der Waals surface area contributed by atoms with Crippen LogP contribution in [0.15, 0.2) is 0 Å². The van der Waals surface area contributed by atoms with Gasteiger partial charge in [0.05, 0.1) is 26.1 Å². The van der Waals surface area contributed by atoms with Gasteiger partial charge in [0.2, 0.25) is 0 Å². The molecule has 0 amide bonds. The van der Waals surface area contributed by atoms with E-state index in [4.69, 9.17) is 9.47 Å². The molecular weight excluding hydrogens is 372 g/mol. The van der Waals surface area contributed by atoms with Crippen molar-refractivity contribution in [1.82, 2.24) is 0 Å². The zero-order valence-corrected chi connectivity index (χ0v) is 17.1. The second-order valence-electron chi connectivity index (χ2n) is 9.53. The molecule has 4 rings (SSSR count). The molecule has 0 N–H and O–H groups in total. The van der Waals surface area contributed by atoms with Crippen LogP contribution in [0.4, 0.5) is 0 Å². The minimum absolute atomic E-state index is 0.0465. The van der Waals surface area contributed by atoms with Gasteiger partial charge in [0, 0.05) is 11.8 Å². The van der Waals surface area contributed by atoms with Crippen LogP contribution in [0.5, 0.6) is 0 Å². The lowest BCUT2D eigenvalue weighted by Gasteiger charge is -2.33. The maximum atomic E-state index is 12.3. The van der Waals surface area contributed by atoms with Gasteiger partial charge < -0.3 is 9.47 Å². The fraction of sp³-hybridized carbons (Fsp3) is 0.826. The number of Topliss-reactive ketones (excluding diaryl/α,β-unsaturated/α-hetero) is 4. The SMILES string of the molecule is O=C(CC(=O)C1CO1)C1CCC(CC2CCC(C(=O)CC(=O)C3CO3)CC2)CC1. The van der Waals surface area contributed by atoms with Gasteiger partial charge in [0.1, 0.15) is 23.8 Å². The summed E-state index contributed by atoms with van der Waals surface area (Å²) in [4.78, 5) is 48.2. The molecule has 0 bridgehead atoms. The molecule has 29 heavy (non-hydrogen) atoms. The number of hydrogen-bond acceptors (Lipinski definition) is 6. The molecule has 2 saturated carbocycles. The predicted octanol–water partition coefficient (Wildman–Crippen LogP) is 2.84. The van der Waals surface area contributed by atoms with Crippen LogP contribution in [0.1, 0.15) is 70.6 Å². The molecular formula is C23H32O6. The van der Waals surface area contributed by atoms with Crippen LogP contribution in [0, 0.1) is 23.7 Å². The molecule has 160 valence electrons. The Labute approximate surface area is 172 Å². The molecule has 0 aromatic heterocycles. The lowest BCUT2D eigenvalue weighted by molar-refractivity contribution is -0.132. The van der Waals surface area contributed by atoms with E-state index in [-0.39, 0.29) is 60.0 Å². The Balaban J connectivity index is 1.12. The molecule has 2 saturated heterocycles. The van der Waals surface area contributed by atoms with Crippen LogP contribution in [-0.2, 0) is 28.7 Å². The molecule has 2 aliphatic carbocycles. The van der Waals surface area contributed by atoms with E-state index in [0.29, 0.717) is 25.0 Å². The second kappa shape index (κ2) is 9.17. The quantitative estimate of drug-likeness (QED) is 0.411. The maximum Gasteiger partial charge on any atom is 0.171 e. The third kappa shape index (κ3) is 5.82. The summed E-state index contributed by atoms with van der Waals surface area (Å²) < 4.78 is 9.94. The van der Waals surface area contributed by atoms with Crippen LogP contribution in [0.2, 0.25) is 0 Å². The van der Waals surface area contributed by atoms with E-state index in [9.17, 15) is 19.2 Å². The van der Waals surface area contributed by atoms with Crippen molar-refractivity contribution >= 4 is 23.1 Å². The Kier molecular flexibility index (Phi) is 6.60. The van der Waals surface area contributed by atoms with Crippen molar-refractivity contribution in [1.29, 1.82) is 0 Å². The first-order chi connectivity index (χ1) is 14.0. The van der Waals surface area contributed by atoms with E-state index in [2.05, 4.69) is 0 Å². The van der Waals surface area contributed by atoms with Crippen molar-refractivity contribution in [2.75, 3.05) is 13.2 Å². The zero-order chi connectivity index (χ0) is 20.4. The van der Waals surface area contributed by atoms with Crippen molar-refractivity contribution in [2.45, 2.75) is 82.8 Å². The first kappa shape index (κ1) is 20.9. The van der Waals surface area contributed by atoms with E-state index >= 15 is 0 Å². The van der Waals surface area contributed by atoms with E-state index in [1.165, 1.54) is 6.42 Å². The van der Waals surface area contributed by atoms with Crippen molar-refractivity contribution < 1.29 is 28.7 Å². The molecule has 6 heteroatoms. The van der Waals surface area contributed by atoms with Gasteiger partial charge in [0.15, 0.2) is 11.6 Å². The summed E-state index contributed by atoms with van der Waals surface area (Å²) in [5.41, 5.74) is 0. The van der Waals surface area contributed by atoms with Gasteiger partial charge in [-0.3, -0.25) is 19.2 Å². The Morgan fingerprint density at radius 2 is 0.897 bits per heavy atom.